The highest BCUT2D eigenvalue weighted by Gasteiger charge is 2.34. The number of nitrogens with zero attached hydrogens (tertiary/aromatic N) is 8. The lowest BCUT2D eigenvalue weighted by Gasteiger charge is -2.31. The van der Waals surface area contributed by atoms with Crippen LogP contribution in [0, 0.1) is 67.2 Å². The van der Waals surface area contributed by atoms with Gasteiger partial charge in [-0.3, -0.25) is 19.2 Å². The standard InChI is InChI=1S/C23H34N2O7.C22H32N2O8.C18H24N2O6.C17H22N2O7/c1-8-19(31-12-28-5)16(4)20(32-13-29-6)11-25-18-10-15(3)14(2)9-17(18)24-21(22(25)26)23(27)30-7;1-13-7-16-17(8-14(13)2)24(21(26)20(23-16)22(27)30-6)9-18(31-11-28-4)15(3)19(10-25)32-12-29-5;1-5-13(21)16(23)14(22)8-20-12-7-10(3)9(2)6-11(12)19-15(17(20)24)18(25)26-4;1-8-4-10-11(5-9(8)2)19(6-12(21)15(23)13(22)7-20)16(24)14(18-10)17(25)26-3/h9-10,16,19-20H,8,11-13H2,1-7H3;7-8,15,18-19,25H,9-12H2,1-6H3;6-7,13-14,16,21-23H,5,8H2,1-4H3;4-5,12-13,15,20-23H,6-7H2,1-3H3/t16-,19-,20+;15-,18-,19+;13-,14+,16-;12-,13+,15-/m1010/s1. The first-order chi connectivity index (χ1) is 55.0. The van der Waals surface area contributed by atoms with Gasteiger partial charge in [-0.25, -0.2) is 39.1 Å². The van der Waals surface area contributed by atoms with Crippen LogP contribution in [0.1, 0.15) is 127 Å². The molecule has 0 saturated heterocycles. The van der Waals surface area contributed by atoms with Gasteiger partial charge in [0.2, 0.25) is 22.8 Å². The van der Waals surface area contributed by atoms with Crippen LogP contribution in [-0.2, 0) is 83.0 Å². The molecule has 4 aromatic heterocycles. The second-order valence-electron chi connectivity index (χ2n) is 27.8. The summed E-state index contributed by atoms with van der Waals surface area (Å²) in [5.74, 6) is -3.85. The summed E-state index contributed by atoms with van der Waals surface area (Å²) < 4.78 is 67.4. The molecule has 4 heterocycles. The molecule has 0 fully saturated rings. The molecule has 8 rings (SSSR count). The molecule has 0 aliphatic heterocycles. The summed E-state index contributed by atoms with van der Waals surface area (Å²) in [4.78, 5) is 117. The third-order valence-corrected chi connectivity index (χ3v) is 19.9. The Hall–Kier alpha value is -9.32. The number of carbonyl (C=O) groups is 4. The predicted molar refractivity (Wildman–Crippen MR) is 423 cm³/mol. The first-order valence-corrected chi connectivity index (χ1v) is 37.1. The van der Waals surface area contributed by atoms with Crippen LogP contribution >= 0.6 is 0 Å². The van der Waals surface area contributed by atoms with E-state index in [1.165, 1.54) is 49.3 Å². The van der Waals surface area contributed by atoms with Gasteiger partial charge < -0.3 is 116 Å². The fourth-order valence-electron chi connectivity index (χ4n) is 12.3. The van der Waals surface area contributed by atoms with Crippen molar-refractivity contribution in [2.24, 2.45) is 11.8 Å². The molecular formula is C80H112N8O28. The van der Waals surface area contributed by atoms with Gasteiger partial charge in [0.25, 0.3) is 22.2 Å². The maximum atomic E-state index is 13.3. The molecule has 0 bridgehead atoms. The summed E-state index contributed by atoms with van der Waals surface area (Å²) in [5.41, 5.74) is 7.18. The number of carbonyl (C=O) groups excluding carboxylic acids is 4. The van der Waals surface area contributed by atoms with Crippen LogP contribution in [0.3, 0.4) is 0 Å². The zero-order valence-corrected chi connectivity index (χ0v) is 69.4. The maximum absolute atomic E-state index is 13.3. The van der Waals surface area contributed by atoms with Gasteiger partial charge in [0, 0.05) is 40.3 Å². The molecule has 0 unspecified atom stereocenters. The lowest BCUT2D eigenvalue weighted by atomic mass is 9.95. The molecule has 116 heavy (non-hydrogen) atoms. The Morgan fingerprint density at radius 1 is 0.336 bits per heavy atom. The molecule has 12 atom stereocenters. The van der Waals surface area contributed by atoms with Gasteiger partial charge in [0.1, 0.15) is 57.7 Å². The number of rotatable bonds is 36. The van der Waals surface area contributed by atoms with Crippen molar-refractivity contribution in [3.05, 3.63) is 157 Å². The lowest BCUT2D eigenvalue weighted by molar-refractivity contribution is -0.151. The van der Waals surface area contributed by atoms with Crippen LogP contribution in [0.2, 0.25) is 0 Å². The van der Waals surface area contributed by atoms with E-state index in [2.05, 4.69) is 29.4 Å². The molecule has 4 aromatic carbocycles. The highest BCUT2D eigenvalue weighted by molar-refractivity contribution is 5.92. The first kappa shape index (κ1) is 97.3. The van der Waals surface area contributed by atoms with Crippen molar-refractivity contribution >= 4 is 68.0 Å². The van der Waals surface area contributed by atoms with E-state index in [0.29, 0.717) is 44.1 Å². The third-order valence-electron chi connectivity index (χ3n) is 19.9. The fourth-order valence-corrected chi connectivity index (χ4v) is 12.3. The molecule has 0 radical (unpaired) electrons. The van der Waals surface area contributed by atoms with Crippen molar-refractivity contribution in [2.45, 2.75) is 183 Å². The number of methoxy groups -OCH3 is 8. The molecule has 0 aliphatic carbocycles. The zero-order valence-electron chi connectivity index (χ0n) is 69.4. The van der Waals surface area contributed by atoms with Crippen molar-refractivity contribution in [3.8, 4) is 0 Å². The van der Waals surface area contributed by atoms with E-state index in [1.807, 2.05) is 100 Å². The smallest absolute Gasteiger partial charge is 0.362 e. The summed E-state index contributed by atoms with van der Waals surface area (Å²) in [6, 6.07) is 14.3. The molecule has 8 aromatic rings. The van der Waals surface area contributed by atoms with Crippen LogP contribution in [0.4, 0.5) is 0 Å². The summed E-state index contributed by atoms with van der Waals surface area (Å²) in [5, 5.41) is 78.2. The highest BCUT2D eigenvalue weighted by Crippen LogP contribution is 2.27. The van der Waals surface area contributed by atoms with E-state index in [1.54, 1.807) is 38.3 Å². The van der Waals surface area contributed by atoms with Crippen molar-refractivity contribution in [3.63, 3.8) is 0 Å². The molecule has 0 amide bonds. The number of aryl methyl sites for hydroxylation is 8. The first-order valence-electron chi connectivity index (χ1n) is 37.1. The highest BCUT2D eigenvalue weighted by atomic mass is 16.7. The quantitative estimate of drug-likeness (QED) is 0.0158. The predicted octanol–water partition coefficient (Wildman–Crippen LogP) is 3.40. The Bertz CT molecular complexity index is 4610. The molecular weight excluding hydrogens is 1520 g/mol. The fraction of sp³-hybridized carbons (Fsp3) is 0.550. The number of esters is 4. The van der Waals surface area contributed by atoms with Gasteiger partial charge in [0.05, 0.1) is 142 Å². The average molecular weight is 1630 g/mol. The van der Waals surface area contributed by atoms with Gasteiger partial charge in [0.15, 0.2) is 0 Å². The Labute approximate surface area is 669 Å². The van der Waals surface area contributed by atoms with E-state index in [0.717, 1.165) is 69.7 Å². The molecule has 36 nitrogen and oxygen atoms in total. The van der Waals surface area contributed by atoms with Crippen molar-refractivity contribution in [1.82, 2.24) is 38.2 Å². The number of aromatic nitrogens is 8. The summed E-state index contributed by atoms with van der Waals surface area (Å²) in [6.07, 6.45) is -9.60. The zero-order chi connectivity index (χ0) is 86.9. The average Bonchev–Trinajstić information content (AvgIpc) is 0.787. The van der Waals surface area contributed by atoms with Crippen LogP contribution in [-0.4, -0.2) is 261 Å². The molecule has 8 N–H and O–H groups in total. The van der Waals surface area contributed by atoms with Gasteiger partial charge >= 0.3 is 23.9 Å². The second-order valence-corrected chi connectivity index (χ2v) is 27.8. The number of ether oxygens (including phenoxy) is 12. The minimum absolute atomic E-state index is 0.00430. The lowest BCUT2D eigenvalue weighted by Crippen LogP contribution is -2.43. The maximum Gasteiger partial charge on any atom is 0.362 e. The molecule has 640 valence electrons. The Morgan fingerprint density at radius 3 is 0.819 bits per heavy atom. The summed E-state index contributed by atoms with van der Waals surface area (Å²) in [6.45, 7) is 21.4. The SMILES string of the molecule is CC[C@@H](O)[C@@H](O)[C@@H](O)Cn1c(=O)c(C(=O)OC)nc2cc(C)c(C)cc21.CC[C@@H](OCOC)[C@@H](C)[C@H](Cn1c(=O)c(C(=O)OC)nc2cc(C)c(C)cc21)OCOC.COC(=O)c1nc2cc(C)c(C)cc2n(C[C@H](O)[C@H](O)[C@H](O)CO)c1=O.COCO[C@@H](Cn1c(=O)c(C(=O)OC)nc2cc(C)c(C)cc21)[C@H](C)[C@@H](CO)OCOC. The van der Waals surface area contributed by atoms with Crippen molar-refractivity contribution in [1.29, 1.82) is 0 Å². The van der Waals surface area contributed by atoms with E-state index < -0.39 is 126 Å². The van der Waals surface area contributed by atoms with E-state index >= 15 is 0 Å². The Kier molecular flexibility index (Phi) is 38.6. The Balaban J connectivity index is 0.000000277. The molecule has 0 spiro atoms. The monoisotopic (exact) mass is 1630 g/mol. The minimum Gasteiger partial charge on any atom is -0.464 e. The summed E-state index contributed by atoms with van der Waals surface area (Å²) >= 11 is 0. The number of aliphatic hydroxyl groups excluding tert-OH is 8. The van der Waals surface area contributed by atoms with E-state index in [9.17, 15) is 74.1 Å². The normalized spacial score (nSPS) is 14.6. The topological polar surface area (TPSA) is 480 Å². The molecule has 36 heteroatoms. The van der Waals surface area contributed by atoms with Crippen molar-refractivity contribution in [2.75, 3.05) is 97.3 Å². The minimum atomic E-state index is -1.68. The van der Waals surface area contributed by atoms with Gasteiger partial charge in [-0.05, 0) is 161 Å². The number of fused-ring (bicyclic) bond motifs is 4. The van der Waals surface area contributed by atoms with Gasteiger partial charge in [-0.15, -0.1) is 0 Å². The number of aliphatic hydroxyl groups is 8. The number of hydrogen-bond acceptors (Lipinski definition) is 32. The second kappa shape index (κ2) is 46.0. The number of benzene rings is 4. The van der Waals surface area contributed by atoms with Crippen LogP contribution in [0.25, 0.3) is 44.1 Å². The molecule has 0 saturated carbocycles. The van der Waals surface area contributed by atoms with Crippen LogP contribution in [0.5, 0.6) is 0 Å². The summed E-state index contributed by atoms with van der Waals surface area (Å²) in [7, 11) is 10.8. The molecule has 0 aliphatic rings. The van der Waals surface area contributed by atoms with Gasteiger partial charge in [-0.2, -0.15) is 0 Å². The van der Waals surface area contributed by atoms with Gasteiger partial charge in [-0.1, -0.05) is 27.7 Å². The largest absolute Gasteiger partial charge is 0.464 e. The van der Waals surface area contributed by atoms with E-state index in [4.69, 9.17) is 52.5 Å². The van der Waals surface area contributed by atoms with Crippen molar-refractivity contribution < 1.29 is 117 Å². The van der Waals surface area contributed by atoms with Crippen LogP contribution in [0.15, 0.2) is 67.7 Å². The third kappa shape index (κ3) is 24.4. The van der Waals surface area contributed by atoms with Crippen LogP contribution < -0.4 is 22.2 Å². The number of hydrogen-bond donors (Lipinski definition) is 8. The Morgan fingerprint density at radius 2 is 0.578 bits per heavy atom. The van der Waals surface area contributed by atoms with E-state index in [-0.39, 0.29) is 89.2 Å².